The molecule has 5 nitrogen and oxygen atoms in total. The van der Waals surface area contributed by atoms with Gasteiger partial charge in [0.2, 0.25) is 0 Å². The van der Waals surface area contributed by atoms with Crippen LogP contribution in [-0.2, 0) is 13.5 Å². The van der Waals surface area contributed by atoms with Crippen LogP contribution in [-0.4, -0.2) is 23.8 Å². The van der Waals surface area contributed by atoms with E-state index in [2.05, 4.69) is 4.98 Å². The number of rotatable bonds is 4. The summed E-state index contributed by atoms with van der Waals surface area (Å²) >= 11 is 6.39. The molecule has 1 heterocycles. The van der Waals surface area contributed by atoms with Gasteiger partial charge in [-0.3, -0.25) is 0 Å². The second-order valence-electron chi connectivity index (χ2n) is 4.34. The van der Waals surface area contributed by atoms with E-state index in [1.807, 2.05) is 24.6 Å². The average molecular weight is 296 g/mol. The molecule has 0 aliphatic rings. The number of methoxy groups -OCH3 is 2. The van der Waals surface area contributed by atoms with Crippen molar-refractivity contribution < 1.29 is 9.47 Å². The zero-order valence-electron chi connectivity index (χ0n) is 12.0. The van der Waals surface area contributed by atoms with Crippen LogP contribution in [0.4, 0.5) is 5.82 Å². The average Bonchev–Trinajstić information content (AvgIpc) is 2.74. The second kappa shape index (κ2) is 5.63. The molecular formula is C14H18ClN3O2. The third-order valence-electron chi connectivity index (χ3n) is 3.29. The largest absolute Gasteiger partial charge is 0.493 e. The molecule has 6 heteroatoms. The van der Waals surface area contributed by atoms with Crippen molar-refractivity contribution in [3.8, 4) is 22.8 Å². The Kier molecular flexibility index (Phi) is 4.09. The van der Waals surface area contributed by atoms with E-state index in [9.17, 15) is 0 Å². The Hall–Kier alpha value is -1.88. The molecule has 0 atom stereocenters. The number of nitrogen functional groups attached to an aromatic ring is 1. The topological polar surface area (TPSA) is 62.3 Å². The summed E-state index contributed by atoms with van der Waals surface area (Å²) < 4.78 is 12.4. The molecule has 108 valence electrons. The number of imidazole rings is 1. The van der Waals surface area contributed by atoms with Gasteiger partial charge in [0, 0.05) is 19.0 Å². The molecule has 0 amide bonds. The van der Waals surface area contributed by atoms with Crippen LogP contribution in [0.15, 0.2) is 12.1 Å². The first-order chi connectivity index (χ1) is 9.54. The van der Waals surface area contributed by atoms with Gasteiger partial charge in [-0.25, -0.2) is 4.98 Å². The zero-order chi connectivity index (χ0) is 14.9. The molecule has 0 saturated heterocycles. The van der Waals surface area contributed by atoms with Gasteiger partial charge in [-0.05, 0) is 12.1 Å². The van der Waals surface area contributed by atoms with Gasteiger partial charge < -0.3 is 19.8 Å². The molecule has 2 rings (SSSR count). The minimum Gasteiger partial charge on any atom is -0.493 e. The molecular weight excluding hydrogens is 278 g/mol. The maximum atomic E-state index is 6.39. The van der Waals surface area contributed by atoms with E-state index in [0.29, 0.717) is 28.0 Å². The number of halogens is 1. The van der Waals surface area contributed by atoms with Gasteiger partial charge in [0.05, 0.1) is 19.2 Å². The van der Waals surface area contributed by atoms with E-state index in [1.54, 1.807) is 20.3 Å². The Morgan fingerprint density at radius 3 is 2.50 bits per heavy atom. The van der Waals surface area contributed by atoms with Gasteiger partial charge in [0.1, 0.15) is 17.3 Å². The first-order valence-corrected chi connectivity index (χ1v) is 6.64. The molecule has 0 spiro atoms. The smallest absolute Gasteiger partial charge is 0.180 e. The van der Waals surface area contributed by atoms with Crippen molar-refractivity contribution in [3.63, 3.8) is 0 Å². The van der Waals surface area contributed by atoms with Crippen LogP contribution in [0, 0.1) is 0 Å². The molecule has 1 aromatic heterocycles. The van der Waals surface area contributed by atoms with Crippen LogP contribution in [0.3, 0.4) is 0 Å². The maximum absolute atomic E-state index is 6.39. The predicted octanol–water partition coefficient (Wildman–Crippen LogP) is 2.90. The molecule has 20 heavy (non-hydrogen) atoms. The molecule has 0 aliphatic carbocycles. The van der Waals surface area contributed by atoms with Crippen LogP contribution in [0.5, 0.6) is 11.5 Å². The molecule has 2 aromatic rings. The minimum absolute atomic E-state index is 0.444. The van der Waals surface area contributed by atoms with Crippen molar-refractivity contribution in [2.24, 2.45) is 7.05 Å². The molecule has 0 unspecified atom stereocenters. The lowest BCUT2D eigenvalue weighted by atomic mass is 10.1. The summed E-state index contributed by atoms with van der Waals surface area (Å²) in [6.07, 6.45) is 0.797. The summed E-state index contributed by atoms with van der Waals surface area (Å²) in [5.74, 6) is 2.54. The zero-order valence-corrected chi connectivity index (χ0v) is 12.8. The number of hydrogen-bond acceptors (Lipinski definition) is 4. The minimum atomic E-state index is 0.444. The molecule has 0 saturated carbocycles. The molecule has 1 aromatic carbocycles. The van der Waals surface area contributed by atoms with Gasteiger partial charge in [0.25, 0.3) is 0 Å². The number of anilines is 1. The standard InChI is InChI=1S/C14H18ClN3O2/c1-5-10-17-12(14(16)18(10)2)8-6-7-9(19-3)13(20-4)11(8)15/h6-7H,5,16H2,1-4H3. The van der Waals surface area contributed by atoms with Crippen molar-refractivity contribution in [1.29, 1.82) is 0 Å². The van der Waals surface area contributed by atoms with Gasteiger partial charge >= 0.3 is 0 Å². The second-order valence-corrected chi connectivity index (χ2v) is 4.72. The number of aryl methyl sites for hydroxylation is 1. The highest BCUT2D eigenvalue weighted by molar-refractivity contribution is 6.35. The molecule has 0 fully saturated rings. The van der Waals surface area contributed by atoms with Gasteiger partial charge in [-0.2, -0.15) is 0 Å². The summed E-state index contributed by atoms with van der Waals surface area (Å²) in [5, 5.41) is 0.444. The normalized spacial score (nSPS) is 10.7. The Labute approximate surface area is 123 Å². The summed E-state index contributed by atoms with van der Waals surface area (Å²) in [6.45, 7) is 2.03. The van der Waals surface area contributed by atoms with E-state index in [4.69, 9.17) is 26.8 Å². The number of ether oxygens (including phenoxy) is 2. The monoisotopic (exact) mass is 295 g/mol. The van der Waals surface area contributed by atoms with E-state index in [-0.39, 0.29) is 0 Å². The fourth-order valence-corrected chi connectivity index (χ4v) is 2.47. The third-order valence-corrected chi connectivity index (χ3v) is 3.66. The summed E-state index contributed by atoms with van der Waals surface area (Å²) in [5.41, 5.74) is 7.51. The highest BCUT2D eigenvalue weighted by atomic mass is 35.5. The van der Waals surface area contributed by atoms with Crippen molar-refractivity contribution in [2.75, 3.05) is 20.0 Å². The van der Waals surface area contributed by atoms with Crippen molar-refractivity contribution in [1.82, 2.24) is 9.55 Å². The van der Waals surface area contributed by atoms with Crippen LogP contribution in [0.25, 0.3) is 11.3 Å². The Bertz CT molecular complexity index is 638. The highest BCUT2D eigenvalue weighted by Gasteiger charge is 2.20. The molecule has 0 aliphatic heterocycles. The van der Waals surface area contributed by atoms with Gasteiger partial charge in [-0.15, -0.1) is 0 Å². The predicted molar refractivity (Wildman–Crippen MR) is 80.5 cm³/mol. The molecule has 0 bridgehead atoms. The number of nitrogens with zero attached hydrogens (tertiary/aromatic N) is 2. The van der Waals surface area contributed by atoms with Crippen molar-refractivity contribution in [3.05, 3.63) is 23.0 Å². The number of hydrogen-bond donors (Lipinski definition) is 1. The van der Waals surface area contributed by atoms with Crippen LogP contribution < -0.4 is 15.2 Å². The Balaban J connectivity index is 2.65. The number of aromatic nitrogens is 2. The summed E-state index contributed by atoms with van der Waals surface area (Å²) in [6, 6.07) is 3.63. The van der Waals surface area contributed by atoms with Gasteiger partial charge in [0.15, 0.2) is 11.5 Å². The van der Waals surface area contributed by atoms with Crippen LogP contribution in [0.1, 0.15) is 12.7 Å². The lowest BCUT2D eigenvalue weighted by Crippen LogP contribution is -2.00. The third kappa shape index (κ3) is 2.18. The first kappa shape index (κ1) is 14.5. The Morgan fingerprint density at radius 2 is 2.00 bits per heavy atom. The molecule has 2 N–H and O–H groups in total. The number of nitrogens with two attached hydrogens (primary N) is 1. The fourth-order valence-electron chi connectivity index (χ4n) is 2.15. The van der Waals surface area contributed by atoms with E-state index in [1.165, 1.54) is 0 Å². The fraction of sp³-hybridized carbons (Fsp3) is 0.357. The number of benzene rings is 1. The van der Waals surface area contributed by atoms with Crippen molar-refractivity contribution in [2.45, 2.75) is 13.3 Å². The molecule has 0 radical (unpaired) electrons. The van der Waals surface area contributed by atoms with E-state index < -0.39 is 0 Å². The highest BCUT2D eigenvalue weighted by Crippen LogP contribution is 2.42. The lowest BCUT2D eigenvalue weighted by Gasteiger charge is -2.12. The quantitative estimate of drug-likeness (QED) is 0.942. The van der Waals surface area contributed by atoms with E-state index >= 15 is 0 Å². The SMILES string of the molecule is CCc1nc(-c2ccc(OC)c(OC)c2Cl)c(N)n1C. The lowest BCUT2D eigenvalue weighted by molar-refractivity contribution is 0.355. The van der Waals surface area contributed by atoms with Crippen molar-refractivity contribution >= 4 is 17.4 Å². The van der Waals surface area contributed by atoms with E-state index in [0.717, 1.165) is 17.8 Å². The Morgan fingerprint density at radius 1 is 1.30 bits per heavy atom. The van der Waals surface area contributed by atoms with Gasteiger partial charge in [-0.1, -0.05) is 18.5 Å². The van der Waals surface area contributed by atoms with Crippen LogP contribution in [0.2, 0.25) is 5.02 Å². The summed E-state index contributed by atoms with van der Waals surface area (Å²) in [4.78, 5) is 4.55. The first-order valence-electron chi connectivity index (χ1n) is 6.27. The van der Waals surface area contributed by atoms with Crippen LogP contribution >= 0.6 is 11.6 Å². The summed E-state index contributed by atoms with van der Waals surface area (Å²) in [7, 11) is 5.00. The maximum Gasteiger partial charge on any atom is 0.180 e.